The number of halogens is 4. The maximum Gasteiger partial charge on any atom is 0.161 e. The van der Waals surface area contributed by atoms with Gasteiger partial charge in [-0.05, 0) is 6.42 Å². The Morgan fingerprint density at radius 3 is 2.56 bits per heavy atom. The first-order valence-corrected chi connectivity index (χ1v) is 6.15. The van der Waals surface area contributed by atoms with Crippen molar-refractivity contribution in [1.82, 2.24) is 15.0 Å². The molecule has 3 nitrogen and oxygen atoms in total. The van der Waals surface area contributed by atoms with E-state index in [4.69, 9.17) is 0 Å². The van der Waals surface area contributed by atoms with Crippen molar-refractivity contribution in [3.63, 3.8) is 0 Å². The standard InChI is InChI=1S/C11H9BrF3N3/c1-2-6(12)10-5-18(17-16-10)11-4-8(14)7(13)3-9(11)15/h3-6H,2H2,1H3. The Morgan fingerprint density at radius 1 is 1.22 bits per heavy atom. The second-order valence-electron chi connectivity index (χ2n) is 3.68. The van der Waals surface area contributed by atoms with Crippen LogP contribution in [0.2, 0.25) is 0 Å². The molecule has 0 saturated carbocycles. The van der Waals surface area contributed by atoms with E-state index in [1.54, 1.807) is 0 Å². The highest BCUT2D eigenvalue weighted by molar-refractivity contribution is 9.09. The molecule has 0 N–H and O–H groups in total. The van der Waals surface area contributed by atoms with Gasteiger partial charge in [-0.3, -0.25) is 0 Å². The Labute approximate surface area is 110 Å². The number of hydrogen-bond donors (Lipinski definition) is 0. The van der Waals surface area contributed by atoms with Gasteiger partial charge in [0, 0.05) is 12.1 Å². The largest absolute Gasteiger partial charge is 0.217 e. The highest BCUT2D eigenvalue weighted by Crippen LogP contribution is 2.25. The van der Waals surface area contributed by atoms with Crippen LogP contribution in [0.4, 0.5) is 13.2 Å². The summed E-state index contributed by atoms with van der Waals surface area (Å²) in [5, 5.41) is 7.53. The van der Waals surface area contributed by atoms with Gasteiger partial charge in [0.05, 0.1) is 16.7 Å². The monoisotopic (exact) mass is 319 g/mol. The van der Waals surface area contributed by atoms with Gasteiger partial charge in [-0.1, -0.05) is 28.1 Å². The first kappa shape index (κ1) is 13.1. The molecular formula is C11H9BrF3N3. The van der Waals surface area contributed by atoms with Crippen LogP contribution >= 0.6 is 15.9 Å². The maximum absolute atomic E-state index is 13.5. The van der Waals surface area contributed by atoms with E-state index in [9.17, 15) is 13.2 Å². The fourth-order valence-electron chi connectivity index (χ4n) is 1.43. The molecular weight excluding hydrogens is 311 g/mol. The van der Waals surface area contributed by atoms with E-state index in [-0.39, 0.29) is 10.5 Å². The van der Waals surface area contributed by atoms with Crippen molar-refractivity contribution < 1.29 is 13.2 Å². The maximum atomic E-state index is 13.5. The summed E-state index contributed by atoms with van der Waals surface area (Å²) in [6.45, 7) is 1.94. The van der Waals surface area contributed by atoms with Crippen molar-refractivity contribution in [3.8, 4) is 5.69 Å². The average Bonchev–Trinajstić information content (AvgIpc) is 2.82. The minimum absolute atomic E-state index is 0.0143. The molecule has 0 saturated heterocycles. The zero-order chi connectivity index (χ0) is 13.3. The Kier molecular flexibility index (Phi) is 3.70. The van der Waals surface area contributed by atoms with Crippen LogP contribution in [0.1, 0.15) is 23.9 Å². The minimum atomic E-state index is -1.23. The molecule has 1 unspecified atom stereocenters. The summed E-state index contributed by atoms with van der Waals surface area (Å²) in [6, 6.07) is 1.23. The summed E-state index contributed by atoms with van der Waals surface area (Å²) in [7, 11) is 0. The first-order valence-electron chi connectivity index (χ1n) is 5.24. The Bertz CT molecular complexity index is 571. The van der Waals surface area contributed by atoms with Gasteiger partial charge in [0.1, 0.15) is 5.69 Å². The van der Waals surface area contributed by atoms with Gasteiger partial charge in [-0.2, -0.15) is 0 Å². The molecule has 1 atom stereocenters. The van der Waals surface area contributed by atoms with E-state index < -0.39 is 17.5 Å². The fraction of sp³-hybridized carbons (Fsp3) is 0.273. The average molecular weight is 320 g/mol. The molecule has 0 amide bonds. The summed E-state index contributed by atoms with van der Waals surface area (Å²) in [6.07, 6.45) is 2.25. The predicted molar refractivity (Wildman–Crippen MR) is 63.2 cm³/mol. The van der Waals surface area contributed by atoms with Gasteiger partial charge < -0.3 is 0 Å². The molecule has 0 spiro atoms. The summed E-state index contributed by atoms with van der Waals surface area (Å²) in [5.74, 6) is -3.26. The van der Waals surface area contributed by atoms with Gasteiger partial charge in [0.25, 0.3) is 0 Å². The molecule has 1 aromatic heterocycles. The zero-order valence-corrected chi connectivity index (χ0v) is 11.0. The molecule has 1 aromatic carbocycles. The van der Waals surface area contributed by atoms with Crippen molar-refractivity contribution in [1.29, 1.82) is 0 Å². The molecule has 0 fully saturated rings. The molecule has 1 heterocycles. The molecule has 0 aliphatic carbocycles. The Balaban J connectivity index is 2.43. The van der Waals surface area contributed by atoms with Crippen LogP contribution in [-0.2, 0) is 0 Å². The van der Waals surface area contributed by atoms with Crippen molar-refractivity contribution in [2.24, 2.45) is 0 Å². The third-order valence-corrected chi connectivity index (χ3v) is 3.54. The highest BCUT2D eigenvalue weighted by Gasteiger charge is 2.15. The van der Waals surface area contributed by atoms with Crippen molar-refractivity contribution in [3.05, 3.63) is 41.5 Å². The number of benzene rings is 1. The number of aromatic nitrogens is 3. The van der Waals surface area contributed by atoms with Gasteiger partial charge in [-0.25, -0.2) is 17.9 Å². The summed E-state index contributed by atoms with van der Waals surface area (Å²) >= 11 is 3.37. The lowest BCUT2D eigenvalue weighted by molar-refractivity contribution is 0.491. The van der Waals surface area contributed by atoms with Crippen molar-refractivity contribution in [2.45, 2.75) is 18.2 Å². The SMILES string of the molecule is CCC(Br)c1cn(-c2cc(F)c(F)cc2F)nn1. The van der Waals surface area contributed by atoms with Gasteiger partial charge in [0.15, 0.2) is 17.5 Å². The lowest BCUT2D eigenvalue weighted by Gasteiger charge is -2.03. The number of alkyl halides is 1. The van der Waals surface area contributed by atoms with Crippen LogP contribution in [-0.4, -0.2) is 15.0 Å². The molecule has 0 radical (unpaired) electrons. The number of rotatable bonds is 3. The van der Waals surface area contributed by atoms with Crippen LogP contribution in [0.15, 0.2) is 18.3 Å². The van der Waals surface area contributed by atoms with Crippen LogP contribution < -0.4 is 0 Å². The van der Waals surface area contributed by atoms with Crippen LogP contribution in [0.5, 0.6) is 0 Å². The third-order valence-electron chi connectivity index (χ3n) is 2.43. The lowest BCUT2D eigenvalue weighted by atomic mass is 10.2. The normalized spacial score (nSPS) is 12.7. The van der Waals surface area contributed by atoms with Crippen LogP contribution in [0.25, 0.3) is 5.69 Å². The molecule has 0 aliphatic heterocycles. The molecule has 18 heavy (non-hydrogen) atoms. The van der Waals surface area contributed by atoms with Crippen LogP contribution in [0.3, 0.4) is 0 Å². The van der Waals surface area contributed by atoms with E-state index >= 15 is 0 Å². The van der Waals surface area contributed by atoms with E-state index in [0.717, 1.165) is 17.2 Å². The molecule has 2 rings (SSSR count). The van der Waals surface area contributed by atoms with Gasteiger partial charge >= 0.3 is 0 Å². The zero-order valence-electron chi connectivity index (χ0n) is 9.37. The number of nitrogens with zero attached hydrogens (tertiary/aromatic N) is 3. The lowest BCUT2D eigenvalue weighted by Crippen LogP contribution is -2.01. The Hall–Kier alpha value is -1.37. The van der Waals surface area contributed by atoms with Crippen molar-refractivity contribution in [2.75, 3.05) is 0 Å². The second-order valence-corrected chi connectivity index (χ2v) is 4.79. The predicted octanol–water partition coefficient (Wildman–Crippen LogP) is 3.53. The van der Waals surface area contributed by atoms with E-state index in [1.807, 2.05) is 6.92 Å². The molecule has 7 heteroatoms. The molecule has 96 valence electrons. The molecule has 2 aromatic rings. The number of hydrogen-bond acceptors (Lipinski definition) is 2. The van der Waals surface area contributed by atoms with Crippen LogP contribution in [0, 0.1) is 17.5 Å². The summed E-state index contributed by atoms with van der Waals surface area (Å²) < 4.78 is 40.4. The smallest absolute Gasteiger partial charge is 0.161 e. The van der Waals surface area contributed by atoms with E-state index in [0.29, 0.717) is 11.8 Å². The fourth-order valence-corrected chi connectivity index (χ4v) is 1.64. The molecule has 0 bridgehead atoms. The summed E-state index contributed by atoms with van der Waals surface area (Å²) in [5.41, 5.74) is 0.421. The van der Waals surface area contributed by atoms with Gasteiger partial charge in [-0.15, -0.1) is 5.10 Å². The minimum Gasteiger partial charge on any atom is -0.217 e. The molecule has 0 aliphatic rings. The van der Waals surface area contributed by atoms with E-state index in [1.165, 1.54) is 6.20 Å². The van der Waals surface area contributed by atoms with Gasteiger partial charge in [0.2, 0.25) is 0 Å². The summed E-state index contributed by atoms with van der Waals surface area (Å²) in [4.78, 5) is -0.0143. The van der Waals surface area contributed by atoms with E-state index in [2.05, 4.69) is 26.2 Å². The quantitative estimate of drug-likeness (QED) is 0.640. The Morgan fingerprint density at radius 2 is 1.89 bits per heavy atom. The first-order chi connectivity index (χ1) is 8.52. The third kappa shape index (κ3) is 2.40. The highest BCUT2D eigenvalue weighted by atomic mass is 79.9. The topological polar surface area (TPSA) is 30.7 Å². The second kappa shape index (κ2) is 5.09. The van der Waals surface area contributed by atoms with Crippen molar-refractivity contribution >= 4 is 15.9 Å².